The Bertz CT molecular complexity index is 1830. The second-order valence-corrected chi connectivity index (χ2v) is 14.2. The van der Waals surface area contributed by atoms with Gasteiger partial charge in [0.2, 0.25) is 0 Å². The predicted molar refractivity (Wildman–Crippen MR) is 183 cm³/mol. The van der Waals surface area contributed by atoms with Gasteiger partial charge in [-0.05, 0) is 42.7 Å². The van der Waals surface area contributed by atoms with E-state index in [4.69, 9.17) is 21.3 Å². The SMILES string of the molecule is COC(=O)C1=C(CN2CCN3C(=O)N(c4ccc(C5(C(=O)O)CCCCC5)cc4)C[C@@H]3C2)NC(c2nccs2)=NC1c1ccc(F)cc1Cl. The number of urea groups is 1. The molecule has 49 heavy (non-hydrogen) atoms. The van der Waals surface area contributed by atoms with Crippen LogP contribution in [0.1, 0.15) is 54.3 Å². The van der Waals surface area contributed by atoms with Crippen LogP contribution in [0.25, 0.3) is 0 Å². The molecule has 2 atom stereocenters. The van der Waals surface area contributed by atoms with Gasteiger partial charge in [0.05, 0.1) is 24.1 Å². The average molecular weight is 707 g/mol. The summed E-state index contributed by atoms with van der Waals surface area (Å²) < 4.78 is 19.2. The number of carbonyl (C=O) groups excluding carboxylic acids is 2. The highest BCUT2D eigenvalue weighted by molar-refractivity contribution is 7.11. The Kier molecular flexibility index (Phi) is 9.16. The summed E-state index contributed by atoms with van der Waals surface area (Å²) in [7, 11) is 1.30. The quantitative estimate of drug-likeness (QED) is 0.300. The number of rotatable bonds is 8. The number of carboxylic acids is 1. The number of aromatic nitrogens is 1. The van der Waals surface area contributed by atoms with E-state index in [1.807, 2.05) is 34.5 Å². The zero-order valence-electron chi connectivity index (χ0n) is 26.9. The van der Waals surface area contributed by atoms with Crippen molar-refractivity contribution in [1.82, 2.24) is 20.1 Å². The van der Waals surface area contributed by atoms with Gasteiger partial charge in [0, 0.05) is 66.3 Å². The number of amides is 2. The zero-order chi connectivity index (χ0) is 34.3. The smallest absolute Gasteiger partial charge is 0.338 e. The fourth-order valence-corrected chi connectivity index (χ4v) is 8.42. The van der Waals surface area contributed by atoms with E-state index in [1.54, 1.807) is 11.1 Å². The lowest BCUT2D eigenvalue weighted by Gasteiger charge is -2.38. The molecule has 0 spiro atoms. The first-order valence-electron chi connectivity index (χ1n) is 16.3. The number of thiazole rings is 1. The van der Waals surface area contributed by atoms with E-state index in [1.165, 1.54) is 36.6 Å². The minimum absolute atomic E-state index is 0.0857. The minimum atomic E-state index is -0.875. The number of nitrogens with zero attached hydrogens (tertiary/aromatic N) is 5. The summed E-state index contributed by atoms with van der Waals surface area (Å²) in [5.74, 6) is -1.41. The highest BCUT2D eigenvalue weighted by Gasteiger charge is 2.44. The molecule has 4 heterocycles. The van der Waals surface area contributed by atoms with Crippen molar-refractivity contribution in [3.05, 3.63) is 92.3 Å². The van der Waals surface area contributed by atoms with Crippen LogP contribution >= 0.6 is 22.9 Å². The van der Waals surface area contributed by atoms with Crippen LogP contribution < -0.4 is 10.2 Å². The molecule has 2 saturated heterocycles. The van der Waals surface area contributed by atoms with Crippen LogP contribution in [0.2, 0.25) is 5.02 Å². The van der Waals surface area contributed by atoms with Crippen molar-refractivity contribution in [1.29, 1.82) is 0 Å². The number of carboxylic acid groups (broad SMARTS) is 1. The molecule has 2 amide bonds. The lowest BCUT2D eigenvalue weighted by molar-refractivity contribution is -0.145. The van der Waals surface area contributed by atoms with Gasteiger partial charge in [0.15, 0.2) is 10.8 Å². The van der Waals surface area contributed by atoms with Crippen molar-refractivity contribution in [3.8, 4) is 0 Å². The van der Waals surface area contributed by atoms with Gasteiger partial charge in [-0.1, -0.05) is 49.1 Å². The largest absolute Gasteiger partial charge is 0.481 e. The van der Waals surface area contributed by atoms with Crippen LogP contribution in [0.3, 0.4) is 0 Å². The summed E-state index contributed by atoms with van der Waals surface area (Å²) >= 11 is 7.89. The Morgan fingerprint density at radius 1 is 1.12 bits per heavy atom. The molecular formula is C35H36ClFN6O5S. The van der Waals surface area contributed by atoms with E-state index in [0.717, 1.165) is 30.5 Å². The molecule has 1 saturated carbocycles. The summed E-state index contributed by atoms with van der Waals surface area (Å²) in [6.07, 6.45) is 5.73. The molecule has 2 aromatic carbocycles. The fraction of sp³-hybridized carbons (Fsp3) is 0.400. The Morgan fingerprint density at radius 3 is 2.57 bits per heavy atom. The van der Waals surface area contributed by atoms with Crippen molar-refractivity contribution >= 4 is 52.4 Å². The number of carbonyl (C=O) groups is 3. The molecule has 3 fully saturated rings. The third kappa shape index (κ3) is 6.19. The number of benzene rings is 2. The van der Waals surface area contributed by atoms with Crippen LogP contribution in [0.15, 0.2) is 70.3 Å². The topological polar surface area (TPSA) is 128 Å². The first-order chi connectivity index (χ1) is 23.7. The molecule has 3 aliphatic heterocycles. The van der Waals surface area contributed by atoms with Crippen LogP contribution in [-0.4, -0.2) is 89.6 Å². The maximum Gasteiger partial charge on any atom is 0.338 e. The van der Waals surface area contributed by atoms with Crippen LogP contribution in [0, 0.1) is 5.82 Å². The number of ether oxygens (including phenoxy) is 1. The van der Waals surface area contributed by atoms with Crippen LogP contribution in [0.5, 0.6) is 0 Å². The maximum absolute atomic E-state index is 14.0. The maximum atomic E-state index is 14.0. The molecule has 1 aromatic heterocycles. The molecule has 1 aliphatic carbocycles. The van der Waals surface area contributed by atoms with Gasteiger partial charge in [-0.25, -0.2) is 19.0 Å². The Labute approximate surface area is 292 Å². The Balaban J connectivity index is 1.13. The second-order valence-electron chi connectivity index (χ2n) is 12.9. The third-order valence-corrected chi connectivity index (χ3v) is 11.2. The summed E-state index contributed by atoms with van der Waals surface area (Å²) in [6.45, 7) is 2.39. The number of halogens is 2. The van der Waals surface area contributed by atoms with Gasteiger partial charge in [-0.15, -0.1) is 11.3 Å². The summed E-state index contributed by atoms with van der Waals surface area (Å²) in [4.78, 5) is 54.3. The van der Waals surface area contributed by atoms with Gasteiger partial charge in [-0.2, -0.15) is 0 Å². The summed E-state index contributed by atoms with van der Waals surface area (Å²) in [5.41, 5.74) is 1.94. The average Bonchev–Trinajstić information content (AvgIpc) is 3.76. The highest BCUT2D eigenvalue weighted by Crippen LogP contribution is 2.41. The second kappa shape index (κ2) is 13.5. The lowest BCUT2D eigenvalue weighted by Crippen LogP contribution is -2.53. The molecule has 0 bridgehead atoms. The number of amidine groups is 1. The Morgan fingerprint density at radius 2 is 1.90 bits per heavy atom. The standard InChI is InChI=1S/C35H36ClFN6O5S/c1-48-32(44)28-27(39-30(31-38-13-16-49-31)40-29(28)25-10-7-22(37)17-26(25)36)20-41-14-15-42-24(18-41)19-43(34(42)47)23-8-5-21(6-9-23)35(33(45)46)11-3-2-4-12-35/h5-10,13,16-17,24,29H,2-4,11-12,14-15,18-20H2,1H3,(H,39,40)(H,45,46)/t24-,29?/m0/s1. The molecular weight excluding hydrogens is 671 g/mol. The number of aliphatic carboxylic acids is 1. The van der Waals surface area contributed by atoms with Crippen LogP contribution in [0.4, 0.5) is 14.9 Å². The molecule has 3 aromatic rings. The number of esters is 1. The normalized spacial score (nSPS) is 22.4. The van der Waals surface area contributed by atoms with E-state index < -0.39 is 29.2 Å². The number of methoxy groups -OCH3 is 1. The van der Waals surface area contributed by atoms with Crippen molar-refractivity contribution in [2.75, 3.05) is 44.7 Å². The van der Waals surface area contributed by atoms with Crippen molar-refractivity contribution < 1.29 is 28.6 Å². The van der Waals surface area contributed by atoms with Gasteiger partial charge in [0.1, 0.15) is 11.9 Å². The lowest BCUT2D eigenvalue weighted by atomic mass is 9.69. The zero-order valence-corrected chi connectivity index (χ0v) is 28.5. The number of fused-ring (bicyclic) bond motifs is 1. The third-order valence-electron chi connectivity index (χ3n) is 10.1. The van der Waals surface area contributed by atoms with Gasteiger partial charge in [0.25, 0.3) is 0 Å². The molecule has 256 valence electrons. The fourth-order valence-electron chi connectivity index (χ4n) is 7.56. The predicted octanol–water partition coefficient (Wildman–Crippen LogP) is 5.37. The molecule has 7 rings (SSSR count). The number of nitrogens with one attached hydrogen (secondary N) is 1. The molecule has 14 heteroatoms. The number of aliphatic imine (C=N–C) groups is 1. The van der Waals surface area contributed by atoms with E-state index in [0.29, 0.717) is 67.7 Å². The number of anilines is 1. The first kappa shape index (κ1) is 33.2. The molecule has 4 aliphatic rings. The number of piperazine rings is 1. The van der Waals surface area contributed by atoms with Crippen molar-refractivity contribution in [2.45, 2.75) is 49.6 Å². The minimum Gasteiger partial charge on any atom is -0.481 e. The van der Waals surface area contributed by atoms with Crippen LogP contribution in [-0.2, 0) is 19.7 Å². The van der Waals surface area contributed by atoms with Crippen molar-refractivity contribution in [3.63, 3.8) is 0 Å². The van der Waals surface area contributed by atoms with Crippen molar-refractivity contribution in [2.24, 2.45) is 4.99 Å². The van der Waals surface area contributed by atoms with Gasteiger partial charge < -0.3 is 20.1 Å². The van der Waals surface area contributed by atoms with Gasteiger partial charge >= 0.3 is 18.0 Å². The molecule has 2 N–H and O–H groups in total. The van der Waals surface area contributed by atoms with E-state index in [-0.39, 0.29) is 22.7 Å². The van der Waals surface area contributed by atoms with E-state index in [9.17, 15) is 23.9 Å². The molecule has 11 nitrogen and oxygen atoms in total. The number of hydrogen-bond acceptors (Lipinski definition) is 9. The Hall–Kier alpha value is -4.33. The monoisotopic (exact) mass is 706 g/mol. The van der Waals surface area contributed by atoms with E-state index in [2.05, 4.69) is 15.2 Å². The summed E-state index contributed by atoms with van der Waals surface area (Å²) in [5, 5.41) is 16.0. The summed E-state index contributed by atoms with van der Waals surface area (Å²) in [6, 6.07) is 10.4. The van der Waals surface area contributed by atoms with Gasteiger partial charge in [-0.3, -0.25) is 19.6 Å². The molecule has 1 unspecified atom stereocenters. The molecule has 0 radical (unpaired) electrons. The van der Waals surface area contributed by atoms with E-state index >= 15 is 0 Å². The highest BCUT2D eigenvalue weighted by atomic mass is 35.5. The first-order valence-corrected chi connectivity index (χ1v) is 17.6. The number of hydrogen-bond donors (Lipinski definition) is 2.